The van der Waals surface area contributed by atoms with Crippen LogP contribution in [0.4, 0.5) is 0 Å². The van der Waals surface area contributed by atoms with Crippen molar-refractivity contribution in [2.45, 2.75) is 45.8 Å². The van der Waals surface area contributed by atoms with Gasteiger partial charge in [0.2, 0.25) is 0 Å². The molecule has 2 spiro atoms. The van der Waals surface area contributed by atoms with Gasteiger partial charge in [-0.3, -0.25) is 0 Å². The number of hydrogen-bond acceptors (Lipinski definition) is 3. The maximum absolute atomic E-state index is 4.35. The summed E-state index contributed by atoms with van der Waals surface area (Å²) in [5.74, 6) is 0. The van der Waals surface area contributed by atoms with Gasteiger partial charge in [0.05, 0.1) is 0 Å². The number of halogens is 2. The molecule has 184 valence electrons. The summed E-state index contributed by atoms with van der Waals surface area (Å²) in [5, 5.41) is 1.05. The van der Waals surface area contributed by atoms with Crippen molar-refractivity contribution >= 4 is 67.1 Å². The predicted octanol–water partition coefficient (Wildman–Crippen LogP) is 9.13. The summed E-state index contributed by atoms with van der Waals surface area (Å²) in [5.41, 5.74) is 9.43. The SMILES string of the molecule is CC1=CC2SC(Br)[C]3(S[C]4(C5=CC(C)=CC5SC4Br)[Zr]3([CH2]c3ccccc3)[CH2]c3ccccc3)C2=C1. The van der Waals surface area contributed by atoms with Gasteiger partial charge in [-0.05, 0) is 0 Å². The van der Waals surface area contributed by atoms with E-state index in [1.807, 2.05) is 0 Å². The summed E-state index contributed by atoms with van der Waals surface area (Å²) in [6.07, 6.45) is 10.2. The van der Waals surface area contributed by atoms with Gasteiger partial charge < -0.3 is 0 Å². The molecule has 3 saturated heterocycles. The average Bonchev–Trinajstić information content (AvgIpc) is 3.55. The van der Waals surface area contributed by atoms with E-state index in [4.69, 9.17) is 0 Å². The zero-order chi connectivity index (χ0) is 24.7. The van der Waals surface area contributed by atoms with Crippen LogP contribution in [0.15, 0.2) is 107 Å². The molecule has 2 aromatic rings. The van der Waals surface area contributed by atoms with Crippen LogP contribution in [0.25, 0.3) is 0 Å². The standard InChI is InChI=1S/C16H14Br2S3.2C7H7.Zr/c1-7-3-9-11(5-7)19-15(17)13(9)21-14-10-4-8(2)6-12(10)20-16(14)18;2*1-7-5-3-2-4-6-7;/h3-6,11-12,15-16H,1-2H3;2*2-6H,1H2;. The minimum atomic E-state index is -3.32. The van der Waals surface area contributed by atoms with E-state index in [2.05, 4.69) is 166 Å². The predicted molar refractivity (Wildman–Crippen MR) is 165 cm³/mol. The Balaban J connectivity index is 1.49. The van der Waals surface area contributed by atoms with E-state index in [-0.39, 0.29) is 4.91 Å². The summed E-state index contributed by atoms with van der Waals surface area (Å²) in [4.78, 5) is 0. The van der Waals surface area contributed by atoms with Gasteiger partial charge in [-0.25, -0.2) is 0 Å². The van der Waals surface area contributed by atoms with E-state index in [9.17, 15) is 0 Å². The van der Waals surface area contributed by atoms with E-state index >= 15 is 0 Å². The van der Waals surface area contributed by atoms with Crippen LogP contribution in [0.1, 0.15) is 25.0 Å². The van der Waals surface area contributed by atoms with Crippen molar-refractivity contribution in [1.29, 1.82) is 0 Å². The Morgan fingerprint density at radius 1 is 0.694 bits per heavy atom. The number of benzene rings is 2. The quantitative estimate of drug-likeness (QED) is 0.288. The third-order valence-corrected chi connectivity index (χ3v) is 40.4. The van der Waals surface area contributed by atoms with Crippen molar-refractivity contribution in [1.82, 2.24) is 0 Å². The average molecular weight is 736 g/mol. The Bertz CT molecular complexity index is 1250. The zero-order valence-electron chi connectivity index (χ0n) is 20.3. The number of allylic oxidation sites excluding steroid dienone is 4. The fourth-order valence-corrected chi connectivity index (χ4v) is 46.4. The van der Waals surface area contributed by atoms with Crippen LogP contribution in [0.2, 0.25) is 0 Å². The van der Waals surface area contributed by atoms with Crippen LogP contribution < -0.4 is 0 Å². The van der Waals surface area contributed by atoms with Crippen molar-refractivity contribution in [2.24, 2.45) is 0 Å². The van der Waals surface area contributed by atoms with Gasteiger partial charge in [-0.1, -0.05) is 0 Å². The molecule has 0 aromatic heterocycles. The first-order chi connectivity index (χ1) is 17.4. The molecule has 0 amide bonds. The van der Waals surface area contributed by atoms with Crippen LogP contribution >= 0.6 is 67.1 Å². The van der Waals surface area contributed by atoms with E-state index in [0.29, 0.717) is 18.8 Å². The molecule has 3 aliphatic heterocycles. The molecule has 6 atom stereocenters. The van der Waals surface area contributed by atoms with Crippen molar-refractivity contribution in [3.8, 4) is 0 Å². The van der Waals surface area contributed by atoms with Gasteiger partial charge in [-0.15, -0.1) is 0 Å². The Labute approximate surface area is 249 Å². The summed E-state index contributed by atoms with van der Waals surface area (Å²) >= 11 is 12.1. The molecule has 2 aliphatic carbocycles. The van der Waals surface area contributed by atoms with E-state index < -0.39 is 20.3 Å². The van der Waals surface area contributed by atoms with Gasteiger partial charge >= 0.3 is 252 Å². The molecule has 2 aromatic carbocycles. The van der Waals surface area contributed by atoms with Gasteiger partial charge in [-0.2, -0.15) is 0 Å². The summed E-state index contributed by atoms with van der Waals surface area (Å²) in [6, 6.07) is 23.0. The number of alkyl halides is 2. The Hall–Kier alpha value is 0.293. The van der Waals surface area contributed by atoms with Crippen LogP contribution in [0.5, 0.6) is 0 Å². The molecule has 3 fully saturated rings. The van der Waals surface area contributed by atoms with Crippen molar-refractivity contribution < 1.29 is 20.3 Å². The first-order valence-electron chi connectivity index (χ1n) is 12.6. The number of rotatable bonds is 4. The monoisotopic (exact) mass is 732 g/mol. The van der Waals surface area contributed by atoms with Crippen molar-refractivity contribution in [3.63, 3.8) is 0 Å². The molecule has 0 radical (unpaired) electrons. The van der Waals surface area contributed by atoms with E-state index in [1.54, 1.807) is 11.1 Å². The zero-order valence-corrected chi connectivity index (χ0v) is 28.4. The molecule has 0 N–H and O–H groups in total. The number of hydrogen-bond donors (Lipinski definition) is 0. The second-order valence-corrected chi connectivity index (χ2v) is 30.5. The summed E-state index contributed by atoms with van der Waals surface area (Å²) < 4.78 is 3.92. The Morgan fingerprint density at radius 3 is 1.53 bits per heavy atom. The fourth-order valence-electron chi connectivity index (χ4n) is 7.33. The molecule has 5 aliphatic rings. The van der Waals surface area contributed by atoms with Crippen LogP contribution in [0, 0.1) is 0 Å². The summed E-state index contributed by atoms with van der Waals surface area (Å²) in [7, 11) is 0. The van der Waals surface area contributed by atoms with Gasteiger partial charge in [0.25, 0.3) is 0 Å². The molecular formula is C30H28Br2S3Zr. The second-order valence-electron chi connectivity index (χ2n) is 10.7. The normalized spacial score (nSPS) is 37.3. The number of thioether (sulfide) groups is 3. The second kappa shape index (κ2) is 9.17. The first-order valence-corrected chi connectivity index (χ1v) is 23.0. The maximum atomic E-state index is 4.35. The van der Waals surface area contributed by atoms with Crippen LogP contribution in [-0.2, 0) is 28.5 Å². The van der Waals surface area contributed by atoms with Crippen LogP contribution in [-0.4, -0.2) is 23.7 Å². The Morgan fingerprint density at radius 2 is 1.11 bits per heavy atom. The summed E-state index contributed by atoms with van der Waals surface area (Å²) in [6.45, 7) is 4.60. The van der Waals surface area contributed by atoms with Gasteiger partial charge in [0.1, 0.15) is 0 Å². The third-order valence-electron chi connectivity index (χ3n) is 8.68. The molecule has 0 saturated carbocycles. The molecular weight excluding hydrogens is 708 g/mol. The Kier molecular flexibility index (Phi) is 6.43. The van der Waals surface area contributed by atoms with E-state index in [0.717, 1.165) is 0 Å². The molecule has 3 heterocycles. The van der Waals surface area contributed by atoms with Gasteiger partial charge in [0.15, 0.2) is 0 Å². The van der Waals surface area contributed by atoms with Crippen LogP contribution in [0.3, 0.4) is 0 Å². The van der Waals surface area contributed by atoms with E-state index in [1.165, 1.54) is 30.5 Å². The molecule has 36 heavy (non-hydrogen) atoms. The fraction of sp³-hybridized carbons (Fsp3) is 0.333. The molecule has 6 unspecified atom stereocenters. The number of fused-ring (bicyclic) bond motifs is 4. The molecule has 0 bridgehead atoms. The topological polar surface area (TPSA) is 0 Å². The van der Waals surface area contributed by atoms with Crippen molar-refractivity contribution in [3.05, 3.63) is 118 Å². The van der Waals surface area contributed by atoms with Crippen molar-refractivity contribution in [2.75, 3.05) is 0 Å². The molecule has 7 rings (SSSR count). The third kappa shape index (κ3) is 3.36. The molecule has 0 nitrogen and oxygen atoms in total. The van der Waals surface area contributed by atoms with Gasteiger partial charge in [0, 0.05) is 0 Å². The first kappa shape index (κ1) is 25.3. The minimum absolute atomic E-state index is 0.225. The molecule has 6 heteroatoms.